The standard InChI is InChI=1S/C19H29N3O/c1-14(2)19(23)22-12-16-10-21(11-17(16)13-22)9-15-5-7-18(8-6-15)20(3)4/h5-8,14,16-17H,9-13H2,1-4H3. The van der Waals surface area contributed by atoms with E-state index in [2.05, 4.69) is 53.1 Å². The second-order valence-corrected chi connectivity index (χ2v) is 7.67. The first kappa shape index (κ1) is 16.3. The van der Waals surface area contributed by atoms with Crippen molar-refractivity contribution in [2.75, 3.05) is 45.2 Å². The molecule has 2 unspecified atom stereocenters. The van der Waals surface area contributed by atoms with Gasteiger partial charge in [0.25, 0.3) is 0 Å². The van der Waals surface area contributed by atoms with Crippen LogP contribution in [0.4, 0.5) is 5.69 Å². The predicted molar refractivity (Wildman–Crippen MR) is 94.4 cm³/mol. The molecule has 2 heterocycles. The molecule has 2 atom stereocenters. The van der Waals surface area contributed by atoms with Gasteiger partial charge in [0.1, 0.15) is 0 Å². The van der Waals surface area contributed by atoms with E-state index in [1.807, 2.05) is 13.8 Å². The molecule has 2 aliphatic rings. The number of likely N-dealkylation sites (tertiary alicyclic amines) is 2. The fourth-order valence-electron chi connectivity index (χ4n) is 3.92. The number of nitrogens with zero attached hydrogens (tertiary/aromatic N) is 3. The van der Waals surface area contributed by atoms with Gasteiger partial charge in [0, 0.05) is 58.4 Å². The summed E-state index contributed by atoms with van der Waals surface area (Å²) < 4.78 is 0. The van der Waals surface area contributed by atoms with Crippen LogP contribution in [0.2, 0.25) is 0 Å². The molecule has 1 aromatic rings. The highest BCUT2D eigenvalue weighted by atomic mass is 16.2. The van der Waals surface area contributed by atoms with E-state index in [1.54, 1.807) is 0 Å². The maximum Gasteiger partial charge on any atom is 0.225 e. The molecule has 0 aliphatic carbocycles. The first-order valence-corrected chi connectivity index (χ1v) is 8.71. The zero-order valence-corrected chi connectivity index (χ0v) is 14.8. The Kier molecular flexibility index (Phi) is 4.62. The number of carbonyl (C=O) groups excluding carboxylic acids is 1. The van der Waals surface area contributed by atoms with Crippen LogP contribution in [0, 0.1) is 17.8 Å². The van der Waals surface area contributed by atoms with Gasteiger partial charge in [-0.05, 0) is 29.5 Å². The molecular weight excluding hydrogens is 286 g/mol. The van der Waals surface area contributed by atoms with Crippen molar-refractivity contribution < 1.29 is 4.79 Å². The molecule has 1 aromatic carbocycles. The number of anilines is 1. The summed E-state index contributed by atoms with van der Waals surface area (Å²) in [6, 6.07) is 8.85. The van der Waals surface area contributed by atoms with Crippen molar-refractivity contribution in [1.29, 1.82) is 0 Å². The zero-order chi connectivity index (χ0) is 16.6. The second kappa shape index (κ2) is 6.52. The highest BCUT2D eigenvalue weighted by Crippen LogP contribution is 2.32. The summed E-state index contributed by atoms with van der Waals surface area (Å²) in [6.07, 6.45) is 0. The number of benzene rings is 1. The first-order chi connectivity index (χ1) is 10.9. The Bertz CT molecular complexity index is 538. The van der Waals surface area contributed by atoms with Gasteiger partial charge in [-0.2, -0.15) is 0 Å². The number of fused-ring (bicyclic) bond motifs is 1. The molecule has 0 radical (unpaired) electrons. The lowest BCUT2D eigenvalue weighted by molar-refractivity contribution is -0.133. The Balaban J connectivity index is 1.53. The maximum absolute atomic E-state index is 12.1. The Morgan fingerprint density at radius 3 is 2.13 bits per heavy atom. The molecule has 0 bridgehead atoms. The predicted octanol–water partition coefficient (Wildman–Crippen LogP) is 2.30. The van der Waals surface area contributed by atoms with Gasteiger partial charge >= 0.3 is 0 Å². The van der Waals surface area contributed by atoms with Crippen LogP contribution >= 0.6 is 0 Å². The molecule has 2 fully saturated rings. The summed E-state index contributed by atoms with van der Waals surface area (Å²) in [7, 11) is 4.14. The maximum atomic E-state index is 12.1. The second-order valence-electron chi connectivity index (χ2n) is 7.67. The van der Waals surface area contributed by atoms with Crippen molar-refractivity contribution in [3.8, 4) is 0 Å². The third kappa shape index (κ3) is 3.52. The van der Waals surface area contributed by atoms with Crippen LogP contribution in [0.1, 0.15) is 19.4 Å². The van der Waals surface area contributed by atoms with Gasteiger partial charge < -0.3 is 9.80 Å². The van der Waals surface area contributed by atoms with Crippen LogP contribution in [0.5, 0.6) is 0 Å². The van der Waals surface area contributed by atoms with Crippen molar-refractivity contribution in [3.63, 3.8) is 0 Å². The molecule has 0 spiro atoms. The molecule has 2 aliphatic heterocycles. The summed E-state index contributed by atoms with van der Waals surface area (Å²) >= 11 is 0. The number of carbonyl (C=O) groups is 1. The van der Waals surface area contributed by atoms with Gasteiger partial charge in [-0.25, -0.2) is 0 Å². The average molecular weight is 315 g/mol. The zero-order valence-electron chi connectivity index (χ0n) is 14.8. The van der Waals surface area contributed by atoms with Crippen LogP contribution in [0.3, 0.4) is 0 Å². The van der Waals surface area contributed by atoms with E-state index in [4.69, 9.17) is 0 Å². The minimum Gasteiger partial charge on any atom is -0.378 e. The van der Waals surface area contributed by atoms with Crippen LogP contribution in [0.15, 0.2) is 24.3 Å². The van der Waals surface area contributed by atoms with Gasteiger partial charge in [-0.1, -0.05) is 26.0 Å². The largest absolute Gasteiger partial charge is 0.378 e. The molecule has 4 heteroatoms. The van der Waals surface area contributed by atoms with E-state index < -0.39 is 0 Å². The van der Waals surface area contributed by atoms with Crippen LogP contribution in [-0.4, -0.2) is 56.0 Å². The quantitative estimate of drug-likeness (QED) is 0.853. The lowest BCUT2D eigenvalue weighted by Gasteiger charge is -2.23. The molecule has 2 saturated heterocycles. The fraction of sp³-hybridized carbons (Fsp3) is 0.632. The number of amides is 1. The third-order valence-electron chi connectivity index (χ3n) is 5.23. The normalized spacial score (nSPS) is 24.3. The Labute approximate surface area is 140 Å². The van der Waals surface area contributed by atoms with Crippen LogP contribution in [-0.2, 0) is 11.3 Å². The minimum atomic E-state index is 0.125. The third-order valence-corrected chi connectivity index (χ3v) is 5.23. The molecule has 23 heavy (non-hydrogen) atoms. The topological polar surface area (TPSA) is 26.8 Å². The smallest absolute Gasteiger partial charge is 0.225 e. The van der Waals surface area contributed by atoms with E-state index in [9.17, 15) is 4.79 Å². The van der Waals surface area contributed by atoms with E-state index >= 15 is 0 Å². The minimum absolute atomic E-state index is 0.125. The summed E-state index contributed by atoms with van der Waals surface area (Å²) in [5.41, 5.74) is 2.63. The Morgan fingerprint density at radius 1 is 1.09 bits per heavy atom. The van der Waals surface area contributed by atoms with Gasteiger partial charge in [0.2, 0.25) is 5.91 Å². The monoisotopic (exact) mass is 315 g/mol. The average Bonchev–Trinajstić information content (AvgIpc) is 3.05. The van der Waals surface area contributed by atoms with Crippen molar-refractivity contribution in [3.05, 3.63) is 29.8 Å². The van der Waals surface area contributed by atoms with E-state index in [0.717, 1.165) is 32.7 Å². The number of rotatable bonds is 4. The van der Waals surface area contributed by atoms with Gasteiger partial charge in [-0.3, -0.25) is 9.69 Å². The summed E-state index contributed by atoms with van der Waals surface area (Å²) in [6.45, 7) is 9.19. The van der Waals surface area contributed by atoms with Gasteiger partial charge in [0.15, 0.2) is 0 Å². The molecule has 4 nitrogen and oxygen atoms in total. The van der Waals surface area contributed by atoms with E-state index in [-0.39, 0.29) is 5.92 Å². The highest BCUT2D eigenvalue weighted by Gasteiger charge is 2.41. The number of hydrogen-bond acceptors (Lipinski definition) is 3. The van der Waals surface area contributed by atoms with E-state index in [1.165, 1.54) is 11.3 Å². The number of hydrogen-bond donors (Lipinski definition) is 0. The molecule has 126 valence electrons. The molecule has 0 saturated carbocycles. The summed E-state index contributed by atoms with van der Waals surface area (Å²) in [4.78, 5) is 18.9. The first-order valence-electron chi connectivity index (χ1n) is 8.71. The lowest BCUT2D eigenvalue weighted by Crippen LogP contribution is -2.35. The molecule has 0 aromatic heterocycles. The van der Waals surface area contributed by atoms with Crippen LogP contribution in [0.25, 0.3) is 0 Å². The van der Waals surface area contributed by atoms with Crippen molar-refractivity contribution in [1.82, 2.24) is 9.80 Å². The molecular formula is C19H29N3O. The summed E-state index contributed by atoms with van der Waals surface area (Å²) in [5, 5.41) is 0. The molecule has 0 N–H and O–H groups in total. The van der Waals surface area contributed by atoms with Gasteiger partial charge in [-0.15, -0.1) is 0 Å². The summed E-state index contributed by atoms with van der Waals surface area (Å²) in [5.74, 6) is 1.78. The molecule has 1 amide bonds. The Morgan fingerprint density at radius 2 is 1.65 bits per heavy atom. The Hall–Kier alpha value is -1.55. The van der Waals surface area contributed by atoms with E-state index in [0.29, 0.717) is 17.7 Å². The van der Waals surface area contributed by atoms with Crippen LogP contribution < -0.4 is 4.90 Å². The van der Waals surface area contributed by atoms with Crippen molar-refractivity contribution >= 4 is 11.6 Å². The lowest BCUT2D eigenvalue weighted by atomic mass is 10.0. The van der Waals surface area contributed by atoms with Crippen molar-refractivity contribution in [2.24, 2.45) is 17.8 Å². The highest BCUT2D eigenvalue weighted by molar-refractivity contribution is 5.78. The SMILES string of the molecule is CC(C)C(=O)N1CC2CN(Cc3ccc(N(C)C)cc3)CC2C1. The fourth-order valence-corrected chi connectivity index (χ4v) is 3.92. The van der Waals surface area contributed by atoms with Crippen molar-refractivity contribution in [2.45, 2.75) is 20.4 Å². The molecule has 3 rings (SSSR count). The van der Waals surface area contributed by atoms with Gasteiger partial charge in [0.05, 0.1) is 0 Å².